The maximum Gasteiger partial charge on any atom is 0.337 e. The lowest BCUT2D eigenvalue weighted by Gasteiger charge is -2.16. The molecule has 204 valence electrons. The summed E-state index contributed by atoms with van der Waals surface area (Å²) in [5, 5.41) is 0. The van der Waals surface area contributed by atoms with Crippen LogP contribution in [0.4, 0.5) is 0 Å². The van der Waals surface area contributed by atoms with E-state index in [0.717, 1.165) is 74.6 Å². The molecule has 2 N–H and O–H groups in total. The lowest BCUT2D eigenvalue weighted by Crippen LogP contribution is -2.15. The van der Waals surface area contributed by atoms with E-state index in [0.29, 0.717) is 5.56 Å². The molecule has 2 aliphatic rings. The second kappa shape index (κ2) is 9.37. The number of ether oxygens (including phenoxy) is 2. The van der Waals surface area contributed by atoms with Crippen molar-refractivity contribution < 1.29 is 14.3 Å². The molecular weight excluding hydrogens is 500 g/mol. The topological polar surface area (TPSA) is 92.9 Å². The number of methoxy groups -OCH3 is 2. The van der Waals surface area contributed by atoms with Gasteiger partial charge < -0.3 is 19.4 Å². The van der Waals surface area contributed by atoms with E-state index < -0.39 is 0 Å². The van der Waals surface area contributed by atoms with Crippen LogP contribution in [0.3, 0.4) is 0 Å². The second-order valence-corrected chi connectivity index (χ2v) is 12.0. The van der Waals surface area contributed by atoms with E-state index in [1.807, 2.05) is 18.2 Å². The number of nitrogens with one attached hydrogen (secondary N) is 2. The molecular formula is C33H34N4O3. The molecule has 0 unspecified atom stereocenters. The van der Waals surface area contributed by atoms with Gasteiger partial charge in [0.1, 0.15) is 0 Å². The zero-order chi connectivity index (χ0) is 28.2. The van der Waals surface area contributed by atoms with Crippen molar-refractivity contribution in [3.8, 4) is 16.9 Å². The van der Waals surface area contributed by atoms with Gasteiger partial charge in [-0.2, -0.15) is 0 Å². The van der Waals surface area contributed by atoms with Crippen molar-refractivity contribution in [3.05, 3.63) is 89.0 Å². The zero-order valence-corrected chi connectivity index (χ0v) is 23.8. The van der Waals surface area contributed by atoms with Gasteiger partial charge in [-0.1, -0.05) is 39.8 Å². The van der Waals surface area contributed by atoms with Crippen molar-refractivity contribution in [1.29, 1.82) is 0 Å². The molecule has 8 bridgehead atoms. The number of H-pyrrole nitrogens is 2. The minimum atomic E-state index is -0.351. The Morgan fingerprint density at radius 2 is 1.45 bits per heavy atom. The first kappa shape index (κ1) is 25.9. The molecule has 6 rings (SSSR count). The molecule has 0 aliphatic carbocycles. The Balaban J connectivity index is 1.67. The third-order valence-electron chi connectivity index (χ3n) is 7.94. The van der Waals surface area contributed by atoms with Gasteiger partial charge in [0.05, 0.1) is 31.0 Å². The van der Waals surface area contributed by atoms with Crippen LogP contribution in [0.2, 0.25) is 0 Å². The van der Waals surface area contributed by atoms with Crippen molar-refractivity contribution in [3.63, 3.8) is 0 Å². The fourth-order valence-corrected chi connectivity index (χ4v) is 5.70. The number of carbonyl (C=O) groups is 1. The van der Waals surface area contributed by atoms with Gasteiger partial charge in [-0.15, -0.1) is 0 Å². The second-order valence-electron chi connectivity index (χ2n) is 12.0. The van der Waals surface area contributed by atoms with Crippen LogP contribution in [0.5, 0.6) is 5.75 Å². The molecule has 0 fully saturated rings. The highest BCUT2D eigenvalue weighted by Crippen LogP contribution is 2.37. The largest absolute Gasteiger partial charge is 0.493 e. The van der Waals surface area contributed by atoms with Crippen LogP contribution in [0.1, 0.15) is 60.8 Å². The van der Waals surface area contributed by atoms with Crippen LogP contribution in [-0.2, 0) is 28.4 Å². The first-order chi connectivity index (χ1) is 19.1. The predicted molar refractivity (Wildman–Crippen MR) is 158 cm³/mol. The Morgan fingerprint density at radius 3 is 2.17 bits per heavy atom. The van der Waals surface area contributed by atoms with Crippen molar-refractivity contribution in [2.45, 2.75) is 51.4 Å². The van der Waals surface area contributed by atoms with E-state index in [4.69, 9.17) is 19.4 Å². The fraction of sp³-hybridized carbons (Fsp3) is 0.303. The SMILES string of the molecule is COC(=O)c1ccc(-c2cc3cc4nc(c(OC)c5ccc(cc6nc(cc2[nH]3)CC6(C)C)[nH]5)CC4(C)C)cc1. The first-order valence-corrected chi connectivity index (χ1v) is 13.5. The zero-order valence-electron chi connectivity index (χ0n) is 23.8. The lowest BCUT2D eigenvalue weighted by atomic mass is 9.87. The average molecular weight is 535 g/mol. The predicted octanol–water partition coefficient (Wildman–Crippen LogP) is 6.82. The summed E-state index contributed by atoms with van der Waals surface area (Å²) >= 11 is 0. The lowest BCUT2D eigenvalue weighted by molar-refractivity contribution is 0.0600. The Hall–Kier alpha value is -4.39. The Bertz CT molecular complexity index is 1790. The summed E-state index contributed by atoms with van der Waals surface area (Å²) in [5.74, 6) is 0.408. The van der Waals surface area contributed by atoms with Gasteiger partial charge in [0.15, 0.2) is 5.75 Å². The van der Waals surface area contributed by atoms with E-state index in [-0.39, 0.29) is 16.8 Å². The minimum absolute atomic E-state index is 0.119. The molecule has 2 aliphatic heterocycles. The van der Waals surface area contributed by atoms with E-state index in [1.54, 1.807) is 19.2 Å². The molecule has 0 radical (unpaired) electrons. The van der Waals surface area contributed by atoms with Crippen LogP contribution < -0.4 is 4.74 Å². The molecule has 0 atom stereocenters. The molecule has 3 aromatic heterocycles. The number of aromatic amines is 2. The Kier molecular flexibility index (Phi) is 6.06. The summed E-state index contributed by atoms with van der Waals surface area (Å²) in [4.78, 5) is 29.3. The van der Waals surface area contributed by atoms with Crippen LogP contribution >= 0.6 is 0 Å². The molecule has 7 heteroatoms. The average Bonchev–Trinajstić information content (AvgIpc) is 3.66. The highest BCUT2D eigenvalue weighted by atomic mass is 16.5. The normalized spacial score (nSPS) is 15.6. The number of rotatable bonds is 3. The van der Waals surface area contributed by atoms with Crippen molar-refractivity contribution >= 4 is 28.0 Å². The van der Waals surface area contributed by atoms with Crippen LogP contribution in [0.15, 0.2) is 60.7 Å². The summed E-state index contributed by atoms with van der Waals surface area (Å²) in [6, 6.07) is 20.2. The van der Waals surface area contributed by atoms with Crippen LogP contribution in [-0.4, -0.2) is 40.1 Å². The van der Waals surface area contributed by atoms with Gasteiger partial charge in [-0.25, -0.2) is 4.79 Å². The summed E-state index contributed by atoms with van der Waals surface area (Å²) < 4.78 is 10.8. The van der Waals surface area contributed by atoms with Gasteiger partial charge >= 0.3 is 5.97 Å². The highest BCUT2D eigenvalue weighted by Gasteiger charge is 2.31. The molecule has 0 spiro atoms. The number of hydrogen-bond donors (Lipinski definition) is 2. The molecule has 0 amide bonds. The Morgan fingerprint density at radius 1 is 0.775 bits per heavy atom. The summed E-state index contributed by atoms with van der Waals surface area (Å²) in [5.41, 5.74) is 9.99. The van der Waals surface area contributed by atoms with E-state index in [1.165, 1.54) is 7.11 Å². The molecule has 0 saturated carbocycles. The van der Waals surface area contributed by atoms with Gasteiger partial charge in [0, 0.05) is 62.9 Å². The quantitative estimate of drug-likeness (QED) is 0.282. The number of fused-ring (bicyclic) bond motifs is 8. The molecule has 7 nitrogen and oxygen atoms in total. The van der Waals surface area contributed by atoms with E-state index in [2.05, 4.69) is 68.0 Å². The van der Waals surface area contributed by atoms with Gasteiger partial charge in [-0.3, -0.25) is 9.97 Å². The smallest absolute Gasteiger partial charge is 0.337 e. The van der Waals surface area contributed by atoms with Crippen molar-refractivity contribution in [1.82, 2.24) is 19.9 Å². The van der Waals surface area contributed by atoms with Gasteiger partial charge in [0.25, 0.3) is 0 Å². The number of aromatic nitrogens is 4. The van der Waals surface area contributed by atoms with Crippen LogP contribution in [0, 0.1) is 0 Å². The highest BCUT2D eigenvalue weighted by molar-refractivity contribution is 5.91. The molecule has 1 aromatic carbocycles. The Labute approximate surface area is 233 Å². The first-order valence-electron chi connectivity index (χ1n) is 13.5. The van der Waals surface area contributed by atoms with E-state index >= 15 is 0 Å². The number of esters is 1. The number of carbonyl (C=O) groups excluding carboxylic acids is 1. The molecule has 5 heterocycles. The standard InChI is InChI=1S/C33H34N4O3/c1-32(2)17-23-14-26-24(19-7-9-20(10-8-19)31(38)40-6)13-22(35-26)16-29-33(3,4)18-27(37-29)30(39-5)25-12-11-21(34-25)15-28(32)36-23/h7-16,34-35H,17-18H2,1-6H3. The number of benzene rings is 1. The summed E-state index contributed by atoms with van der Waals surface area (Å²) in [7, 11) is 3.09. The van der Waals surface area contributed by atoms with Crippen LogP contribution in [0.25, 0.3) is 33.2 Å². The van der Waals surface area contributed by atoms with Gasteiger partial charge in [-0.05, 0) is 54.1 Å². The maximum absolute atomic E-state index is 12.0. The number of nitrogens with zero attached hydrogens (tertiary/aromatic N) is 2. The van der Waals surface area contributed by atoms with Gasteiger partial charge in [0.2, 0.25) is 0 Å². The third kappa shape index (κ3) is 4.55. The molecule has 0 saturated heterocycles. The molecule has 40 heavy (non-hydrogen) atoms. The van der Waals surface area contributed by atoms with Crippen molar-refractivity contribution in [2.24, 2.45) is 0 Å². The van der Waals surface area contributed by atoms with Crippen molar-refractivity contribution in [2.75, 3.05) is 14.2 Å². The third-order valence-corrected chi connectivity index (χ3v) is 7.94. The molecule has 4 aromatic rings. The van der Waals surface area contributed by atoms with E-state index in [9.17, 15) is 4.79 Å². The monoisotopic (exact) mass is 534 g/mol. The summed E-state index contributed by atoms with van der Waals surface area (Å²) in [6.45, 7) is 8.86. The summed E-state index contributed by atoms with van der Waals surface area (Å²) in [6.07, 6.45) is 1.58. The minimum Gasteiger partial charge on any atom is -0.493 e. The maximum atomic E-state index is 12.0. The fourth-order valence-electron chi connectivity index (χ4n) is 5.70. The number of hydrogen-bond acceptors (Lipinski definition) is 5.